The van der Waals surface area contributed by atoms with Crippen LogP contribution in [0.15, 0.2) is 47.4 Å². The fraction of sp³-hybridized carbons (Fsp3) is 0.235. The zero-order valence-corrected chi connectivity index (χ0v) is 15.0. The fourth-order valence-corrected chi connectivity index (χ4v) is 3.15. The third-order valence-electron chi connectivity index (χ3n) is 3.30. The lowest BCUT2D eigenvalue weighted by molar-refractivity contribution is 0.168. The molecule has 0 saturated heterocycles. The molecule has 0 aliphatic heterocycles. The summed E-state index contributed by atoms with van der Waals surface area (Å²) in [4.78, 5) is 11.6. The average molecular weight is 364 g/mol. The number of ether oxygens (including phenoxy) is 2. The molecule has 0 radical (unpaired) electrons. The van der Waals surface area contributed by atoms with Crippen molar-refractivity contribution in [2.45, 2.75) is 18.7 Å². The summed E-state index contributed by atoms with van der Waals surface area (Å²) in [5, 5.41) is 2.47. The Labute approximate surface area is 147 Å². The van der Waals surface area contributed by atoms with Crippen molar-refractivity contribution in [3.63, 3.8) is 0 Å². The van der Waals surface area contributed by atoms with Crippen LogP contribution in [0.3, 0.4) is 0 Å². The molecule has 25 heavy (non-hydrogen) atoms. The first kappa shape index (κ1) is 18.6. The lowest BCUT2D eigenvalue weighted by atomic mass is 10.2. The van der Waals surface area contributed by atoms with Crippen LogP contribution in [0.4, 0.5) is 16.2 Å². The molecule has 0 unspecified atom stereocenters. The van der Waals surface area contributed by atoms with Crippen molar-refractivity contribution in [1.82, 2.24) is 0 Å². The minimum atomic E-state index is -3.82. The molecular weight excluding hydrogens is 344 g/mol. The first-order chi connectivity index (χ1) is 11.9. The number of nitrogens with one attached hydrogen (secondary N) is 2. The Balaban J connectivity index is 2.30. The molecule has 2 aromatic carbocycles. The number of methoxy groups -OCH3 is 1. The van der Waals surface area contributed by atoms with Crippen molar-refractivity contribution < 1.29 is 22.7 Å². The van der Waals surface area contributed by atoms with Crippen LogP contribution in [0, 0.1) is 6.92 Å². The van der Waals surface area contributed by atoms with Gasteiger partial charge in [-0.2, -0.15) is 0 Å². The minimum Gasteiger partial charge on any atom is -0.495 e. The van der Waals surface area contributed by atoms with Crippen LogP contribution in [0.2, 0.25) is 0 Å². The van der Waals surface area contributed by atoms with E-state index in [1.165, 1.54) is 25.3 Å². The molecule has 0 atom stereocenters. The van der Waals surface area contributed by atoms with E-state index in [9.17, 15) is 13.2 Å². The van der Waals surface area contributed by atoms with E-state index < -0.39 is 16.1 Å². The standard InChI is InChI=1S/C17H20N2O5S/c1-4-24-17(20)18-15-11-14(9-10-16(15)23-3)25(21,22)19-13-7-5-12(2)6-8-13/h5-11,19H,4H2,1-3H3,(H,18,20). The molecule has 2 aromatic rings. The maximum absolute atomic E-state index is 12.6. The highest BCUT2D eigenvalue weighted by Crippen LogP contribution is 2.28. The predicted molar refractivity (Wildman–Crippen MR) is 95.6 cm³/mol. The van der Waals surface area contributed by atoms with Crippen molar-refractivity contribution in [2.75, 3.05) is 23.8 Å². The van der Waals surface area contributed by atoms with E-state index in [1.54, 1.807) is 31.2 Å². The van der Waals surface area contributed by atoms with Gasteiger partial charge in [0.05, 0.1) is 24.3 Å². The number of anilines is 2. The molecular formula is C17H20N2O5S. The number of sulfonamides is 1. The summed E-state index contributed by atoms with van der Waals surface area (Å²) in [5.41, 5.74) is 1.67. The van der Waals surface area contributed by atoms with Crippen molar-refractivity contribution in [3.8, 4) is 5.75 Å². The first-order valence-corrected chi connectivity index (χ1v) is 9.05. The number of aryl methyl sites for hydroxylation is 1. The van der Waals surface area contributed by atoms with Crippen molar-refractivity contribution in [3.05, 3.63) is 48.0 Å². The van der Waals surface area contributed by atoms with Crippen LogP contribution < -0.4 is 14.8 Å². The smallest absolute Gasteiger partial charge is 0.411 e. The van der Waals surface area contributed by atoms with Gasteiger partial charge in [-0.25, -0.2) is 13.2 Å². The normalized spacial score (nSPS) is 10.8. The minimum absolute atomic E-state index is 0.0133. The highest BCUT2D eigenvalue weighted by molar-refractivity contribution is 7.92. The second-order valence-electron chi connectivity index (χ2n) is 5.18. The maximum atomic E-state index is 12.6. The Hall–Kier alpha value is -2.74. The SMILES string of the molecule is CCOC(=O)Nc1cc(S(=O)(=O)Nc2ccc(C)cc2)ccc1OC. The molecule has 2 N–H and O–H groups in total. The molecule has 134 valence electrons. The Morgan fingerprint density at radius 3 is 2.40 bits per heavy atom. The summed E-state index contributed by atoms with van der Waals surface area (Å²) in [7, 11) is -2.40. The Bertz CT molecular complexity index is 848. The lowest BCUT2D eigenvalue weighted by Crippen LogP contribution is -2.16. The summed E-state index contributed by atoms with van der Waals surface area (Å²) in [6.07, 6.45) is -0.693. The van der Waals surface area contributed by atoms with Gasteiger partial charge in [-0.3, -0.25) is 10.0 Å². The molecule has 0 heterocycles. The van der Waals surface area contributed by atoms with Crippen LogP contribution in [0.5, 0.6) is 5.75 Å². The monoisotopic (exact) mass is 364 g/mol. The van der Waals surface area contributed by atoms with Crippen LogP contribution in [0.25, 0.3) is 0 Å². The molecule has 0 saturated carbocycles. The average Bonchev–Trinajstić information content (AvgIpc) is 2.57. The molecule has 2 rings (SSSR count). The van der Waals surface area contributed by atoms with Gasteiger partial charge >= 0.3 is 6.09 Å². The first-order valence-electron chi connectivity index (χ1n) is 7.57. The van der Waals surface area contributed by atoms with Crippen molar-refractivity contribution in [2.24, 2.45) is 0 Å². The summed E-state index contributed by atoms with van der Waals surface area (Å²) in [6, 6.07) is 11.1. The second-order valence-corrected chi connectivity index (χ2v) is 6.86. The zero-order valence-electron chi connectivity index (χ0n) is 14.2. The Morgan fingerprint density at radius 2 is 1.80 bits per heavy atom. The number of hydrogen-bond acceptors (Lipinski definition) is 5. The molecule has 1 amide bonds. The van der Waals surface area contributed by atoms with Crippen LogP contribution >= 0.6 is 0 Å². The number of benzene rings is 2. The van der Waals surface area contributed by atoms with Crippen molar-refractivity contribution >= 4 is 27.5 Å². The van der Waals surface area contributed by atoms with Crippen molar-refractivity contribution in [1.29, 1.82) is 0 Å². The quantitative estimate of drug-likeness (QED) is 0.820. The van der Waals surface area contributed by atoms with Crippen LogP contribution in [0.1, 0.15) is 12.5 Å². The van der Waals surface area contributed by atoms with Gasteiger partial charge in [-0.15, -0.1) is 0 Å². The third-order valence-corrected chi connectivity index (χ3v) is 4.68. The van der Waals surface area contributed by atoms with E-state index in [0.29, 0.717) is 11.4 Å². The summed E-state index contributed by atoms with van der Waals surface area (Å²) in [5.74, 6) is 0.322. The summed E-state index contributed by atoms with van der Waals surface area (Å²) >= 11 is 0. The van der Waals surface area contributed by atoms with Crippen LogP contribution in [-0.4, -0.2) is 28.2 Å². The molecule has 0 aliphatic rings. The largest absolute Gasteiger partial charge is 0.495 e. The van der Waals surface area contributed by atoms with E-state index >= 15 is 0 Å². The number of rotatable bonds is 6. The number of hydrogen-bond donors (Lipinski definition) is 2. The van der Waals surface area contributed by atoms with E-state index in [1.807, 2.05) is 6.92 Å². The third kappa shape index (κ3) is 4.87. The van der Waals surface area contributed by atoms with E-state index in [4.69, 9.17) is 9.47 Å². The highest BCUT2D eigenvalue weighted by Gasteiger charge is 2.18. The van der Waals surface area contributed by atoms with Gasteiger partial charge < -0.3 is 9.47 Å². The molecule has 0 fully saturated rings. The summed E-state index contributed by atoms with van der Waals surface area (Å²) in [6.45, 7) is 3.78. The van der Waals surface area contributed by atoms with Gasteiger partial charge in [0.1, 0.15) is 5.75 Å². The van der Waals surface area contributed by atoms with Gasteiger partial charge in [0.25, 0.3) is 10.0 Å². The molecule has 0 aromatic heterocycles. The van der Waals surface area contributed by atoms with Gasteiger partial charge in [-0.1, -0.05) is 17.7 Å². The fourth-order valence-electron chi connectivity index (χ4n) is 2.06. The zero-order chi connectivity index (χ0) is 18.4. The number of amides is 1. The van der Waals surface area contributed by atoms with Crippen LogP contribution in [-0.2, 0) is 14.8 Å². The van der Waals surface area contributed by atoms with Gasteiger partial charge in [0.2, 0.25) is 0 Å². The maximum Gasteiger partial charge on any atom is 0.411 e. The van der Waals surface area contributed by atoms with Gasteiger partial charge in [0.15, 0.2) is 0 Å². The predicted octanol–water partition coefficient (Wildman–Crippen LogP) is 3.37. The molecule has 0 aliphatic carbocycles. The summed E-state index contributed by atoms with van der Waals surface area (Å²) < 4.78 is 37.5. The Morgan fingerprint density at radius 1 is 1.12 bits per heavy atom. The highest BCUT2D eigenvalue weighted by atomic mass is 32.2. The topological polar surface area (TPSA) is 93.7 Å². The number of carbonyl (C=O) groups is 1. The lowest BCUT2D eigenvalue weighted by Gasteiger charge is -2.13. The van der Waals surface area contributed by atoms with E-state index in [2.05, 4.69) is 10.0 Å². The Kier molecular flexibility index (Phi) is 5.87. The molecule has 0 spiro atoms. The molecule has 0 bridgehead atoms. The second kappa shape index (κ2) is 7.89. The van der Waals surface area contributed by atoms with Gasteiger partial charge in [-0.05, 0) is 44.2 Å². The van der Waals surface area contributed by atoms with Gasteiger partial charge in [0, 0.05) is 5.69 Å². The van der Waals surface area contributed by atoms with E-state index in [-0.39, 0.29) is 17.2 Å². The number of carbonyl (C=O) groups excluding carboxylic acids is 1. The molecule has 7 nitrogen and oxygen atoms in total. The molecule has 8 heteroatoms. The van der Waals surface area contributed by atoms with E-state index in [0.717, 1.165) is 5.56 Å².